The number of rotatable bonds is 5. The minimum Gasteiger partial charge on any atom is -0.481 e. The van der Waals surface area contributed by atoms with E-state index in [0.717, 1.165) is 21.4 Å². The maximum Gasteiger partial charge on any atom is 0.307 e. The summed E-state index contributed by atoms with van der Waals surface area (Å²) in [6.07, 6.45) is 0.888. The average molecular weight is 372 g/mol. The van der Waals surface area contributed by atoms with E-state index in [1.165, 1.54) is 0 Å². The van der Waals surface area contributed by atoms with Crippen LogP contribution >= 0.6 is 27.5 Å². The Morgan fingerprint density at radius 2 is 2.00 bits per heavy atom. The predicted molar refractivity (Wildman–Crippen MR) is 85.6 cm³/mol. The zero-order valence-electron chi connectivity index (χ0n) is 11.8. The van der Waals surface area contributed by atoms with Gasteiger partial charge in [0.2, 0.25) is 0 Å². The highest BCUT2D eigenvalue weighted by Crippen LogP contribution is 2.25. The van der Waals surface area contributed by atoms with Crippen LogP contribution in [0.5, 0.6) is 0 Å². The third-order valence-corrected chi connectivity index (χ3v) is 4.73. The van der Waals surface area contributed by atoms with Crippen molar-refractivity contribution in [1.29, 1.82) is 0 Å². The smallest absolute Gasteiger partial charge is 0.307 e. The van der Waals surface area contributed by atoms with Crippen molar-refractivity contribution in [1.82, 2.24) is 9.78 Å². The first-order chi connectivity index (χ1) is 9.88. The third kappa shape index (κ3) is 3.86. The van der Waals surface area contributed by atoms with Crippen LogP contribution in [0.1, 0.15) is 17.0 Å². The van der Waals surface area contributed by atoms with Crippen molar-refractivity contribution >= 4 is 33.5 Å². The number of halogens is 2. The normalized spacial score (nSPS) is 12.4. The van der Waals surface area contributed by atoms with Gasteiger partial charge in [-0.2, -0.15) is 5.10 Å². The number of carboxylic acids is 1. The molecule has 2 aromatic rings. The van der Waals surface area contributed by atoms with Crippen molar-refractivity contribution in [3.8, 4) is 0 Å². The molecule has 1 aromatic carbocycles. The van der Waals surface area contributed by atoms with Crippen LogP contribution in [0.2, 0.25) is 5.02 Å². The SMILES string of the molecule is Cc1nn(C)c(CC(Cc2ccc(Cl)cc2)C(=O)O)c1Br. The number of aryl methyl sites for hydroxylation is 2. The summed E-state index contributed by atoms with van der Waals surface area (Å²) in [5.74, 6) is -1.31. The van der Waals surface area contributed by atoms with Gasteiger partial charge in [0.1, 0.15) is 0 Å². The van der Waals surface area contributed by atoms with Gasteiger partial charge in [-0.1, -0.05) is 23.7 Å². The van der Waals surface area contributed by atoms with E-state index in [1.807, 2.05) is 26.1 Å². The summed E-state index contributed by atoms with van der Waals surface area (Å²) in [5.41, 5.74) is 2.72. The van der Waals surface area contributed by atoms with Gasteiger partial charge in [0, 0.05) is 18.5 Å². The molecule has 0 aliphatic heterocycles. The van der Waals surface area contributed by atoms with Crippen LogP contribution in [-0.4, -0.2) is 20.9 Å². The number of nitrogens with zero attached hydrogens (tertiary/aromatic N) is 2. The van der Waals surface area contributed by atoms with Gasteiger partial charge in [-0.05, 0) is 47.0 Å². The molecule has 0 saturated carbocycles. The summed E-state index contributed by atoms with van der Waals surface area (Å²) in [7, 11) is 1.83. The Hall–Kier alpha value is -1.33. The number of aliphatic carboxylic acids is 1. The van der Waals surface area contributed by atoms with E-state index >= 15 is 0 Å². The fraction of sp³-hybridized carbons (Fsp3) is 0.333. The minimum atomic E-state index is -0.810. The van der Waals surface area contributed by atoms with Crippen LogP contribution in [0.15, 0.2) is 28.7 Å². The van der Waals surface area contributed by atoms with Gasteiger partial charge in [-0.3, -0.25) is 9.48 Å². The van der Waals surface area contributed by atoms with Crippen LogP contribution in [0, 0.1) is 12.8 Å². The highest BCUT2D eigenvalue weighted by atomic mass is 79.9. The Labute approximate surface area is 136 Å². The van der Waals surface area contributed by atoms with Crippen LogP contribution in [0.25, 0.3) is 0 Å². The van der Waals surface area contributed by atoms with Crippen molar-refractivity contribution in [3.05, 3.63) is 50.7 Å². The molecule has 0 aliphatic rings. The van der Waals surface area contributed by atoms with E-state index in [0.29, 0.717) is 17.9 Å². The molecule has 0 saturated heterocycles. The summed E-state index contributed by atoms with van der Waals surface area (Å²) in [6, 6.07) is 7.28. The summed E-state index contributed by atoms with van der Waals surface area (Å²) < 4.78 is 2.62. The fourth-order valence-corrected chi connectivity index (χ4v) is 2.91. The van der Waals surface area contributed by atoms with Crippen LogP contribution in [0.3, 0.4) is 0 Å². The molecule has 21 heavy (non-hydrogen) atoms. The summed E-state index contributed by atoms with van der Waals surface area (Å²) in [6.45, 7) is 1.89. The summed E-state index contributed by atoms with van der Waals surface area (Å²) in [4.78, 5) is 11.5. The van der Waals surface area contributed by atoms with E-state index in [1.54, 1.807) is 16.8 Å². The van der Waals surface area contributed by atoms with Gasteiger partial charge in [0.15, 0.2) is 0 Å². The summed E-state index contributed by atoms with van der Waals surface area (Å²) in [5, 5.41) is 14.4. The van der Waals surface area contributed by atoms with Crippen molar-refractivity contribution in [2.45, 2.75) is 19.8 Å². The van der Waals surface area contributed by atoms with E-state index < -0.39 is 11.9 Å². The topological polar surface area (TPSA) is 55.1 Å². The molecule has 0 radical (unpaired) electrons. The van der Waals surface area contributed by atoms with Gasteiger partial charge in [0.05, 0.1) is 21.8 Å². The third-order valence-electron chi connectivity index (χ3n) is 3.45. The Kier molecular flexibility index (Phi) is 5.06. The van der Waals surface area contributed by atoms with Gasteiger partial charge in [0.25, 0.3) is 0 Å². The Morgan fingerprint density at radius 1 is 1.38 bits per heavy atom. The zero-order valence-corrected chi connectivity index (χ0v) is 14.1. The van der Waals surface area contributed by atoms with Crippen molar-refractivity contribution in [3.63, 3.8) is 0 Å². The van der Waals surface area contributed by atoms with Gasteiger partial charge < -0.3 is 5.11 Å². The Bertz CT molecular complexity index is 652. The lowest BCUT2D eigenvalue weighted by Crippen LogP contribution is -2.20. The standard InChI is InChI=1S/C15H16BrClN2O2/c1-9-14(16)13(19(2)18-9)8-11(15(20)21)7-10-3-5-12(17)6-4-10/h3-6,11H,7-8H2,1-2H3,(H,20,21). The van der Waals surface area contributed by atoms with Gasteiger partial charge >= 0.3 is 5.97 Å². The quantitative estimate of drug-likeness (QED) is 0.873. The molecule has 0 bridgehead atoms. The lowest BCUT2D eigenvalue weighted by Gasteiger charge is -2.13. The molecule has 1 atom stereocenters. The molecule has 112 valence electrons. The van der Waals surface area contributed by atoms with Crippen LogP contribution < -0.4 is 0 Å². The molecule has 0 amide bonds. The molecule has 1 heterocycles. The number of aromatic nitrogens is 2. The molecule has 2 rings (SSSR count). The second-order valence-corrected chi connectivity index (χ2v) is 6.27. The number of carbonyl (C=O) groups is 1. The molecular weight excluding hydrogens is 356 g/mol. The second kappa shape index (κ2) is 6.62. The molecule has 6 heteroatoms. The molecule has 1 aromatic heterocycles. The first-order valence-electron chi connectivity index (χ1n) is 6.53. The van der Waals surface area contributed by atoms with Crippen molar-refractivity contribution in [2.24, 2.45) is 13.0 Å². The molecule has 1 N–H and O–H groups in total. The molecule has 4 nitrogen and oxygen atoms in total. The van der Waals surface area contributed by atoms with E-state index in [-0.39, 0.29) is 0 Å². The molecular formula is C15H16BrClN2O2. The number of carboxylic acid groups (broad SMARTS) is 1. The molecule has 0 spiro atoms. The van der Waals surface area contributed by atoms with Crippen molar-refractivity contribution < 1.29 is 9.90 Å². The van der Waals surface area contributed by atoms with E-state index in [2.05, 4.69) is 21.0 Å². The van der Waals surface area contributed by atoms with Crippen LogP contribution in [0.4, 0.5) is 0 Å². The lowest BCUT2D eigenvalue weighted by atomic mass is 9.95. The highest BCUT2D eigenvalue weighted by molar-refractivity contribution is 9.10. The van der Waals surface area contributed by atoms with Crippen molar-refractivity contribution in [2.75, 3.05) is 0 Å². The fourth-order valence-electron chi connectivity index (χ4n) is 2.29. The first kappa shape index (κ1) is 16.0. The Morgan fingerprint density at radius 3 is 2.48 bits per heavy atom. The largest absolute Gasteiger partial charge is 0.481 e. The summed E-state index contributed by atoms with van der Waals surface area (Å²) >= 11 is 9.33. The van der Waals surface area contributed by atoms with E-state index in [9.17, 15) is 9.90 Å². The van der Waals surface area contributed by atoms with Gasteiger partial charge in [-0.15, -0.1) is 0 Å². The number of hydrogen-bond donors (Lipinski definition) is 1. The second-order valence-electron chi connectivity index (χ2n) is 5.04. The lowest BCUT2D eigenvalue weighted by molar-refractivity contribution is -0.141. The Balaban J connectivity index is 2.20. The average Bonchev–Trinajstić information content (AvgIpc) is 2.66. The minimum absolute atomic E-state index is 0.426. The van der Waals surface area contributed by atoms with Gasteiger partial charge in [-0.25, -0.2) is 0 Å². The number of hydrogen-bond acceptors (Lipinski definition) is 2. The number of benzene rings is 1. The molecule has 0 aliphatic carbocycles. The molecule has 0 fully saturated rings. The predicted octanol–water partition coefficient (Wildman–Crippen LogP) is 3.63. The maximum absolute atomic E-state index is 11.5. The molecule has 1 unspecified atom stereocenters. The highest BCUT2D eigenvalue weighted by Gasteiger charge is 2.22. The van der Waals surface area contributed by atoms with Crippen LogP contribution in [-0.2, 0) is 24.7 Å². The zero-order chi connectivity index (χ0) is 15.6. The maximum atomic E-state index is 11.5. The monoisotopic (exact) mass is 370 g/mol. The van der Waals surface area contributed by atoms with E-state index in [4.69, 9.17) is 11.6 Å². The first-order valence-corrected chi connectivity index (χ1v) is 7.70.